The smallest absolute Gasteiger partial charge is 0.412 e. The Labute approximate surface area is 145 Å². The number of hydrogen-bond donors (Lipinski definition) is 0. The highest BCUT2D eigenvalue weighted by Crippen LogP contribution is 2.43. The van der Waals surface area contributed by atoms with Gasteiger partial charge in [-0.25, -0.2) is 4.79 Å². The summed E-state index contributed by atoms with van der Waals surface area (Å²) in [6.07, 6.45) is -8.16. The molecule has 1 unspecified atom stereocenters. The average molecular weight is 382 g/mol. The Hall–Kier alpha value is -2.19. The van der Waals surface area contributed by atoms with E-state index in [2.05, 4.69) is 11.3 Å². The Bertz CT molecular complexity index is 682. The fourth-order valence-electron chi connectivity index (χ4n) is 2.72. The summed E-state index contributed by atoms with van der Waals surface area (Å²) in [5.41, 5.74) is -1.33. The van der Waals surface area contributed by atoms with Crippen LogP contribution in [0.4, 0.5) is 26.3 Å². The van der Waals surface area contributed by atoms with Crippen molar-refractivity contribution in [2.45, 2.75) is 37.7 Å². The molecule has 0 fully saturated rings. The zero-order valence-corrected chi connectivity index (χ0v) is 13.7. The lowest BCUT2D eigenvalue weighted by Gasteiger charge is -2.26. The van der Waals surface area contributed by atoms with Crippen molar-refractivity contribution < 1.29 is 40.6 Å². The van der Waals surface area contributed by atoms with Crippen molar-refractivity contribution in [3.8, 4) is 0 Å². The van der Waals surface area contributed by atoms with Gasteiger partial charge in [-0.2, -0.15) is 26.3 Å². The van der Waals surface area contributed by atoms with E-state index in [1.807, 2.05) is 0 Å². The van der Waals surface area contributed by atoms with Crippen molar-refractivity contribution in [3.05, 3.63) is 47.3 Å². The van der Waals surface area contributed by atoms with Gasteiger partial charge in [-0.15, -0.1) is 0 Å². The van der Waals surface area contributed by atoms with Gasteiger partial charge in [-0.3, -0.25) is 0 Å². The molecule has 144 valence electrons. The van der Waals surface area contributed by atoms with Crippen LogP contribution in [-0.4, -0.2) is 31.5 Å². The Morgan fingerprint density at radius 2 is 1.85 bits per heavy atom. The minimum absolute atomic E-state index is 0.312. The molecular weight excluding hydrogens is 366 g/mol. The standard InChI is InChI=1S/C17H16F6O3/c1-9(26-14-4-3-10(7-14)15(24)25-2)11-5-12(16(18,19)20)8-13(6-11)17(21,22)23/h5-7,12,14H,1,3-4,8H2,2H3/t12-,14?/m0/s1. The fourth-order valence-corrected chi connectivity index (χ4v) is 2.72. The number of methoxy groups -OCH3 is 1. The molecule has 0 radical (unpaired) electrons. The Kier molecular flexibility index (Phi) is 5.58. The van der Waals surface area contributed by atoms with Gasteiger partial charge in [0, 0.05) is 16.7 Å². The van der Waals surface area contributed by atoms with Gasteiger partial charge in [0.1, 0.15) is 11.9 Å². The molecule has 0 aromatic heterocycles. The summed E-state index contributed by atoms with van der Waals surface area (Å²) >= 11 is 0. The monoisotopic (exact) mass is 382 g/mol. The fraction of sp³-hybridized carbons (Fsp3) is 0.471. The molecule has 0 bridgehead atoms. The summed E-state index contributed by atoms with van der Waals surface area (Å²) in [7, 11) is 1.20. The number of carbonyl (C=O) groups excluding carboxylic acids is 1. The van der Waals surface area contributed by atoms with E-state index < -0.39 is 42.3 Å². The van der Waals surface area contributed by atoms with Crippen LogP contribution in [0.2, 0.25) is 0 Å². The lowest BCUT2D eigenvalue weighted by Crippen LogP contribution is -2.28. The third-order valence-electron chi connectivity index (χ3n) is 4.08. The van der Waals surface area contributed by atoms with Gasteiger partial charge in [-0.1, -0.05) is 12.7 Å². The number of alkyl halides is 6. The minimum Gasteiger partial charge on any atom is -0.486 e. The van der Waals surface area contributed by atoms with Crippen molar-refractivity contribution >= 4 is 5.97 Å². The molecule has 26 heavy (non-hydrogen) atoms. The molecule has 0 aliphatic heterocycles. The average Bonchev–Trinajstić information content (AvgIpc) is 3.00. The molecule has 9 heteroatoms. The van der Waals surface area contributed by atoms with Crippen molar-refractivity contribution in [2.75, 3.05) is 7.11 Å². The van der Waals surface area contributed by atoms with E-state index in [9.17, 15) is 31.1 Å². The second-order valence-corrected chi connectivity index (χ2v) is 5.94. The molecule has 0 aromatic carbocycles. The first-order valence-corrected chi connectivity index (χ1v) is 7.63. The van der Waals surface area contributed by atoms with E-state index in [1.54, 1.807) is 0 Å². The predicted molar refractivity (Wildman–Crippen MR) is 79.7 cm³/mol. The molecule has 2 atom stereocenters. The SMILES string of the molecule is C=C(OC1C=C(C(=O)OC)CC1)C1=C[C@H](C(F)(F)F)CC(C(F)(F)F)=C1. The maximum Gasteiger partial charge on any atom is 0.412 e. The van der Waals surface area contributed by atoms with Crippen LogP contribution < -0.4 is 0 Å². The molecule has 0 saturated carbocycles. The van der Waals surface area contributed by atoms with Crippen LogP contribution in [0.25, 0.3) is 0 Å². The second kappa shape index (κ2) is 7.20. The van der Waals surface area contributed by atoms with Crippen LogP contribution in [0.5, 0.6) is 0 Å². The van der Waals surface area contributed by atoms with Gasteiger partial charge in [-0.05, 0) is 31.4 Å². The summed E-state index contributed by atoms with van der Waals surface area (Å²) in [5, 5.41) is 0. The molecule has 0 aromatic rings. The number of esters is 1. The van der Waals surface area contributed by atoms with E-state index in [0.717, 1.165) is 0 Å². The molecule has 0 heterocycles. The van der Waals surface area contributed by atoms with Crippen LogP contribution in [0.15, 0.2) is 47.3 Å². The first-order chi connectivity index (χ1) is 11.9. The van der Waals surface area contributed by atoms with E-state index >= 15 is 0 Å². The Morgan fingerprint density at radius 3 is 2.38 bits per heavy atom. The van der Waals surface area contributed by atoms with Crippen LogP contribution in [0.1, 0.15) is 19.3 Å². The normalized spacial score (nSPS) is 23.7. The van der Waals surface area contributed by atoms with E-state index in [0.29, 0.717) is 30.6 Å². The summed E-state index contributed by atoms with van der Waals surface area (Å²) in [4.78, 5) is 11.4. The number of rotatable bonds is 4. The first kappa shape index (κ1) is 20.1. The lowest BCUT2D eigenvalue weighted by molar-refractivity contribution is -0.166. The zero-order valence-electron chi connectivity index (χ0n) is 13.7. The van der Waals surface area contributed by atoms with Gasteiger partial charge in [0.05, 0.1) is 13.0 Å². The summed E-state index contributed by atoms with van der Waals surface area (Å²) in [6, 6.07) is 0. The van der Waals surface area contributed by atoms with Crippen LogP contribution in [0.3, 0.4) is 0 Å². The van der Waals surface area contributed by atoms with Crippen LogP contribution >= 0.6 is 0 Å². The first-order valence-electron chi connectivity index (χ1n) is 7.63. The van der Waals surface area contributed by atoms with Crippen LogP contribution in [-0.2, 0) is 14.3 Å². The van der Waals surface area contributed by atoms with Gasteiger partial charge in [0.2, 0.25) is 0 Å². The zero-order chi connectivity index (χ0) is 19.7. The number of hydrogen-bond acceptors (Lipinski definition) is 3. The molecule has 3 nitrogen and oxygen atoms in total. The van der Waals surface area contributed by atoms with Crippen LogP contribution in [0, 0.1) is 5.92 Å². The number of carbonyl (C=O) groups is 1. The summed E-state index contributed by atoms with van der Waals surface area (Å²) < 4.78 is 87.6. The van der Waals surface area contributed by atoms with Gasteiger partial charge in [0.25, 0.3) is 0 Å². The quantitative estimate of drug-likeness (QED) is 0.399. The molecule has 2 aliphatic rings. The van der Waals surface area contributed by atoms with E-state index in [-0.39, 0.29) is 11.3 Å². The van der Waals surface area contributed by atoms with E-state index in [4.69, 9.17) is 4.74 Å². The third-order valence-corrected chi connectivity index (χ3v) is 4.08. The van der Waals surface area contributed by atoms with Crippen molar-refractivity contribution in [3.63, 3.8) is 0 Å². The van der Waals surface area contributed by atoms with Crippen molar-refractivity contribution in [1.29, 1.82) is 0 Å². The number of allylic oxidation sites excluding steroid dienone is 3. The van der Waals surface area contributed by atoms with Gasteiger partial charge in [0.15, 0.2) is 0 Å². The van der Waals surface area contributed by atoms with Crippen molar-refractivity contribution in [2.24, 2.45) is 5.92 Å². The molecule has 0 spiro atoms. The molecular formula is C17H16F6O3. The third kappa shape index (κ3) is 4.70. The highest BCUT2D eigenvalue weighted by molar-refractivity contribution is 5.88. The predicted octanol–water partition coefficient (Wildman–Crippen LogP) is 4.78. The molecule has 2 rings (SSSR count). The largest absolute Gasteiger partial charge is 0.486 e. The molecule has 0 saturated heterocycles. The van der Waals surface area contributed by atoms with E-state index in [1.165, 1.54) is 13.2 Å². The highest BCUT2D eigenvalue weighted by atomic mass is 19.4. The summed E-state index contributed by atoms with van der Waals surface area (Å²) in [6.45, 7) is 3.45. The Morgan fingerprint density at radius 1 is 1.19 bits per heavy atom. The Balaban J connectivity index is 2.20. The second-order valence-electron chi connectivity index (χ2n) is 5.94. The molecule has 2 aliphatic carbocycles. The molecule has 0 N–H and O–H groups in total. The maximum absolute atomic E-state index is 13.0. The highest BCUT2D eigenvalue weighted by Gasteiger charge is 2.45. The number of halogens is 6. The topological polar surface area (TPSA) is 35.5 Å². The van der Waals surface area contributed by atoms with Gasteiger partial charge < -0.3 is 9.47 Å². The number of ether oxygens (including phenoxy) is 2. The maximum atomic E-state index is 13.0. The molecule has 0 amide bonds. The van der Waals surface area contributed by atoms with Gasteiger partial charge >= 0.3 is 18.3 Å². The van der Waals surface area contributed by atoms with Crippen molar-refractivity contribution in [1.82, 2.24) is 0 Å². The minimum atomic E-state index is -4.88. The lowest BCUT2D eigenvalue weighted by atomic mass is 9.89. The summed E-state index contributed by atoms with van der Waals surface area (Å²) in [5.74, 6) is -3.15.